The summed E-state index contributed by atoms with van der Waals surface area (Å²) < 4.78 is 6.06. The lowest BCUT2D eigenvalue weighted by molar-refractivity contribution is 0.480. The molecule has 0 aliphatic carbocycles. The summed E-state index contributed by atoms with van der Waals surface area (Å²) in [4.78, 5) is 0. The van der Waals surface area contributed by atoms with Gasteiger partial charge in [-0.25, -0.2) is 0 Å². The molecule has 0 aliphatic rings. The van der Waals surface area contributed by atoms with Gasteiger partial charge in [0.25, 0.3) is 0 Å². The van der Waals surface area contributed by atoms with Crippen LogP contribution in [0.1, 0.15) is 5.56 Å². The van der Waals surface area contributed by atoms with Crippen molar-refractivity contribution in [3.05, 3.63) is 41.1 Å². The number of ether oxygens (including phenoxy) is 1. The van der Waals surface area contributed by atoms with Gasteiger partial charge >= 0.3 is 0 Å². The molecular weight excluding hydrogens is 204 g/mol. The maximum atomic E-state index is 5.11. The Labute approximate surface area is 74.8 Å². The SMILES string of the molecule is C=COc1ccc(C)cc1Br. The molecule has 11 heavy (non-hydrogen) atoms. The summed E-state index contributed by atoms with van der Waals surface area (Å²) in [5.74, 6) is 0.797. The van der Waals surface area contributed by atoms with Crippen LogP contribution in [0.25, 0.3) is 0 Å². The maximum Gasteiger partial charge on any atom is 0.140 e. The quantitative estimate of drug-likeness (QED) is 0.685. The summed E-state index contributed by atoms with van der Waals surface area (Å²) in [5.41, 5.74) is 1.20. The third kappa shape index (κ3) is 2.09. The second-order valence-corrected chi connectivity index (χ2v) is 3.07. The Morgan fingerprint density at radius 1 is 1.55 bits per heavy atom. The topological polar surface area (TPSA) is 9.23 Å². The van der Waals surface area contributed by atoms with Crippen LogP contribution in [0.15, 0.2) is 35.5 Å². The first kappa shape index (κ1) is 8.34. The summed E-state index contributed by atoms with van der Waals surface area (Å²) in [6, 6.07) is 5.89. The highest BCUT2D eigenvalue weighted by Gasteiger charge is 1.97. The first-order chi connectivity index (χ1) is 5.24. The van der Waals surface area contributed by atoms with Crippen molar-refractivity contribution in [3.8, 4) is 5.75 Å². The van der Waals surface area contributed by atoms with Crippen LogP contribution in [0.3, 0.4) is 0 Å². The lowest BCUT2D eigenvalue weighted by Crippen LogP contribution is -1.82. The van der Waals surface area contributed by atoms with Crippen molar-refractivity contribution < 1.29 is 4.74 Å². The van der Waals surface area contributed by atoms with Crippen molar-refractivity contribution >= 4 is 15.9 Å². The van der Waals surface area contributed by atoms with Crippen molar-refractivity contribution in [3.63, 3.8) is 0 Å². The van der Waals surface area contributed by atoms with E-state index in [0.717, 1.165) is 10.2 Å². The van der Waals surface area contributed by atoms with E-state index < -0.39 is 0 Å². The number of hydrogen-bond acceptors (Lipinski definition) is 1. The number of hydrogen-bond donors (Lipinski definition) is 0. The number of rotatable bonds is 2. The molecule has 0 saturated heterocycles. The molecule has 1 aromatic carbocycles. The normalized spacial score (nSPS) is 9.27. The van der Waals surface area contributed by atoms with Crippen molar-refractivity contribution in [1.82, 2.24) is 0 Å². The van der Waals surface area contributed by atoms with Gasteiger partial charge in [0.1, 0.15) is 5.75 Å². The van der Waals surface area contributed by atoms with Crippen LogP contribution in [0.2, 0.25) is 0 Å². The fourth-order valence-corrected chi connectivity index (χ4v) is 1.38. The maximum absolute atomic E-state index is 5.11. The van der Waals surface area contributed by atoms with E-state index in [0.29, 0.717) is 0 Å². The molecule has 0 N–H and O–H groups in total. The van der Waals surface area contributed by atoms with E-state index in [-0.39, 0.29) is 0 Å². The van der Waals surface area contributed by atoms with Gasteiger partial charge in [-0.15, -0.1) is 0 Å². The van der Waals surface area contributed by atoms with Gasteiger partial charge in [-0.05, 0) is 40.5 Å². The summed E-state index contributed by atoms with van der Waals surface area (Å²) in [5, 5.41) is 0. The zero-order valence-electron chi connectivity index (χ0n) is 6.30. The largest absolute Gasteiger partial charge is 0.464 e. The Hall–Kier alpha value is -0.760. The fourth-order valence-electron chi connectivity index (χ4n) is 0.791. The smallest absolute Gasteiger partial charge is 0.140 e. The van der Waals surface area contributed by atoms with E-state index in [1.165, 1.54) is 11.8 Å². The first-order valence-corrected chi connectivity index (χ1v) is 4.07. The van der Waals surface area contributed by atoms with Gasteiger partial charge in [0.2, 0.25) is 0 Å². The predicted molar refractivity (Wildman–Crippen MR) is 49.7 cm³/mol. The molecule has 0 unspecified atom stereocenters. The van der Waals surface area contributed by atoms with Gasteiger partial charge in [0, 0.05) is 0 Å². The molecule has 1 nitrogen and oxygen atoms in total. The van der Waals surface area contributed by atoms with Gasteiger partial charge in [0.15, 0.2) is 0 Å². The van der Waals surface area contributed by atoms with Crippen molar-refractivity contribution in [1.29, 1.82) is 0 Å². The molecule has 0 amide bonds. The van der Waals surface area contributed by atoms with Crippen LogP contribution in [0.4, 0.5) is 0 Å². The molecule has 0 aliphatic heterocycles. The lowest BCUT2D eigenvalue weighted by Gasteiger charge is -2.02. The van der Waals surface area contributed by atoms with E-state index in [1.807, 2.05) is 25.1 Å². The molecule has 1 aromatic rings. The molecule has 2 heteroatoms. The van der Waals surface area contributed by atoms with E-state index in [1.54, 1.807) is 0 Å². The third-order valence-electron chi connectivity index (χ3n) is 1.30. The Morgan fingerprint density at radius 2 is 2.27 bits per heavy atom. The first-order valence-electron chi connectivity index (χ1n) is 3.28. The molecule has 1 rings (SSSR count). The lowest BCUT2D eigenvalue weighted by atomic mass is 10.2. The third-order valence-corrected chi connectivity index (χ3v) is 1.92. The molecule has 0 atom stereocenters. The molecule has 0 saturated carbocycles. The molecule has 58 valence electrons. The van der Waals surface area contributed by atoms with Crippen LogP contribution in [-0.2, 0) is 0 Å². The molecule has 0 aromatic heterocycles. The van der Waals surface area contributed by atoms with Gasteiger partial charge < -0.3 is 4.74 Å². The fraction of sp³-hybridized carbons (Fsp3) is 0.111. The minimum atomic E-state index is 0.797. The molecule has 0 fully saturated rings. The van der Waals surface area contributed by atoms with E-state index in [9.17, 15) is 0 Å². The Kier molecular flexibility index (Phi) is 2.71. The van der Waals surface area contributed by atoms with Crippen LogP contribution in [0, 0.1) is 6.92 Å². The summed E-state index contributed by atoms with van der Waals surface area (Å²) in [6.45, 7) is 5.51. The van der Waals surface area contributed by atoms with Crippen molar-refractivity contribution in [2.75, 3.05) is 0 Å². The number of aryl methyl sites for hydroxylation is 1. The summed E-state index contributed by atoms with van der Waals surface area (Å²) >= 11 is 3.38. The highest BCUT2D eigenvalue weighted by molar-refractivity contribution is 9.10. The van der Waals surface area contributed by atoms with Crippen LogP contribution < -0.4 is 4.74 Å². The Bertz CT molecular complexity index is 268. The molecule has 0 bridgehead atoms. The monoisotopic (exact) mass is 212 g/mol. The van der Waals surface area contributed by atoms with E-state index in [4.69, 9.17) is 4.74 Å². The Morgan fingerprint density at radius 3 is 2.82 bits per heavy atom. The van der Waals surface area contributed by atoms with Gasteiger partial charge in [0.05, 0.1) is 10.7 Å². The van der Waals surface area contributed by atoms with Gasteiger partial charge in [-0.3, -0.25) is 0 Å². The summed E-state index contributed by atoms with van der Waals surface area (Å²) in [6.07, 6.45) is 1.41. The zero-order valence-corrected chi connectivity index (χ0v) is 7.89. The van der Waals surface area contributed by atoms with E-state index >= 15 is 0 Å². The number of halogens is 1. The average Bonchev–Trinajstić information content (AvgIpc) is 1.95. The standard InChI is InChI=1S/C9H9BrO/c1-3-11-9-5-4-7(2)6-8(9)10/h3-6H,1H2,2H3. The second kappa shape index (κ2) is 3.58. The van der Waals surface area contributed by atoms with Gasteiger partial charge in [-0.1, -0.05) is 12.6 Å². The minimum Gasteiger partial charge on any atom is -0.464 e. The highest BCUT2D eigenvalue weighted by atomic mass is 79.9. The summed E-state index contributed by atoms with van der Waals surface area (Å²) in [7, 11) is 0. The van der Waals surface area contributed by atoms with E-state index in [2.05, 4.69) is 22.5 Å². The van der Waals surface area contributed by atoms with Crippen LogP contribution in [-0.4, -0.2) is 0 Å². The van der Waals surface area contributed by atoms with Crippen molar-refractivity contribution in [2.24, 2.45) is 0 Å². The van der Waals surface area contributed by atoms with Crippen molar-refractivity contribution in [2.45, 2.75) is 6.92 Å². The molecule has 0 spiro atoms. The Balaban J connectivity index is 2.98. The average molecular weight is 213 g/mol. The minimum absolute atomic E-state index is 0.797. The number of benzene rings is 1. The molecule has 0 heterocycles. The molecule has 0 radical (unpaired) electrons. The highest BCUT2D eigenvalue weighted by Crippen LogP contribution is 2.25. The molecular formula is C9H9BrO. The predicted octanol–water partition coefficient (Wildman–Crippen LogP) is 3.28. The second-order valence-electron chi connectivity index (χ2n) is 2.22. The van der Waals surface area contributed by atoms with Crippen LogP contribution in [0.5, 0.6) is 5.75 Å². The van der Waals surface area contributed by atoms with Gasteiger partial charge in [-0.2, -0.15) is 0 Å². The van der Waals surface area contributed by atoms with Crippen LogP contribution >= 0.6 is 15.9 Å². The zero-order chi connectivity index (χ0) is 8.27.